The molecule has 0 radical (unpaired) electrons. The Morgan fingerprint density at radius 1 is 1.16 bits per heavy atom. The molecule has 0 aliphatic rings. The van der Waals surface area contributed by atoms with Gasteiger partial charge in [-0.1, -0.05) is 50.9 Å². The molecular weight excluding hydrogens is 256 g/mol. The first-order chi connectivity index (χ1) is 9.36. The van der Waals surface area contributed by atoms with Gasteiger partial charge in [0.25, 0.3) is 0 Å². The van der Waals surface area contributed by atoms with Crippen molar-refractivity contribution < 1.29 is 9.84 Å². The van der Waals surface area contributed by atoms with Crippen LogP contribution >= 0.6 is 11.3 Å². The molecule has 0 saturated heterocycles. The molecule has 0 aliphatic heterocycles. The molecule has 3 heteroatoms. The summed E-state index contributed by atoms with van der Waals surface area (Å²) < 4.78 is 5.66. The van der Waals surface area contributed by atoms with E-state index in [0.29, 0.717) is 6.61 Å². The van der Waals surface area contributed by atoms with Gasteiger partial charge in [0.2, 0.25) is 0 Å². The van der Waals surface area contributed by atoms with E-state index < -0.39 is 0 Å². The fourth-order valence-corrected chi connectivity index (χ4v) is 2.63. The Kier molecular flexibility index (Phi) is 9.44. The average molecular weight is 280 g/mol. The highest BCUT2D eigenvalue weighted by molar-refractivity contribution is 7.12. The summed E-state index contributed by atoms with van der Waals surface area (Å²) in [4.78, 5) is 2.19. The van der Waals surface area contributed by atoms with Crippen LogP contribution in [0.25, 0.3) is 0 Å². The molecule has 106 valence electrons. The second kappa shape index (κ2) is 11.0. The molecule has 0 amide bonds. The van der Waals surface area contributed by atoms with E-state index in [1.54, 1.807) is 11.3 Å². The smallest absolute Gasteiger partial charge is 0.104 e. The number of rotatable bonds is 9. The minimum absolute atomic E-state index is 0.0816. The molecule has 0 fully saturated rings. The van der Waals surface area contributed by atoms with Gasteiger partial charge in [-0.05, 0) is 18.6 Å². The Hall–Kier alpha value is -0.820. The highest BCUT2D eigenvalue weighted by Gasteiger charge is 1.98. The number of aliphatic hydroxyl groups excluding tert-OH is 1. The van der Waals surface area contributed by atoms with Crippen molar-refractivity contribution in [3.05, 3.63) is 21.9 Å². The van der Waals surface area contributed by atoms with Crippen molar-refractivity contribution >= 4 is 11.3 Å². The Morgan fingerprint density at radius 3 is 2.74 bits per heavy atom. The largest absolute Gasteiger partial charge is 0.384 e. The summed E-state index contributed by atoms with van der Waals surface area (Å²) in [7, 11) is 0. The summed E-state index contributed by atoms with van der Waals surface area (Å²) in [5, 5.41) is 8.62. The third-order valence-corrected chi connectivity index (χ3v) is 3.81. The van der Waals surface area contributed by atoms with Gasteiger partial charge in [0.1, 0.15) is 6.61 Å². The number of hydrogen-bond donors (Lipinski definition) is 1. The van der Waals surface area contributed by atoms with Crippen LogP contribution in [0.2, 0.25) is 0 Å². The van der Waals surface area contributed by atoms with Gasteiger partial charge >= 0.3 is 0 Å². The van der Waals surface area contributed by atoms with E-state index in [4.69, 9.17) is 9.84 Å². The SMILES string of the molecule is CCCCCCCCOCc1ccc(C#CCO)s1. The Balaban J connectivity index is 2.04. The molecule has 1 aromatic rings. The van der Waals surface area contributed by atoms with Gasteiger partial charge < -0.3 is 9.84 Å². The van der Waals surface area contributed by atoms with Crippen LogP contribution in [0.3, 0.4) is 0 Å². The number of hydrogen-bond acceptors (Lipinski definition) is 3. The predicted molar refractivity (Wildman–Crippen MR) is 81.3 cm³/mol. The van der Waals surface area contributed by atoms with E-state index in [1.807, 2.05) is 12.1 Å². The van der Waals surface area contributed by atoms with Crippen molar-refractivity contribution in [2.75, 3.05) is 13.2 Å². The first kappa shape index (κ1) is 16.2. The van der Waals surface area contributed by atoms with Crippen molar-refractivity contribution in [3.63, 3.8) is 0 Å². The maximum absolute atomic E-state index is 8.62. The summed E-state index contributed by atoms with van der Waals surface area (Å²) in [5.74, 6) is 5.56. The number of aliphatic hydroxyl groups is 1. The molecule has 2 nitrogen and oxygen atoms in total. The van der Waals surface area contributed by atoms with Crippen LogP contribution in [0, 0.1) is 11.8 Å². The lowest BCUT2D eigenvalue weighted by Gasteiger charge is -2.02. The molecule has 0 bridgehead atoms. The number of unbranched alkanes of at least 4 members (excludes halogenated alkanes) is 5. The van der Waals surface area contributed by atoms with Gasteiger partial charge in [-0.2, -0.15) is 0 Å². The minimum atomic E-state index is -0.0816. The third-order valence-electron chi connectivity index (χ3n) is 2.84. The van der Waals surface area contributed by atoms with Gasteiger partial charge in [0, 0.05) is 11.5 Å². The number of ether oxygens (including phenoxy) is 1. The van der Waals surface area contributed by atoms with Crippen LogP contribution in [-0.2, 0) is 11.3 Å². The van der Waals surface area contributed by atoms with Crippen LogP contribution in [0.5, 0.6) is 0 Å². The van der Waals surface area contributed by atoms with Gasteiger partial charge in [-0.3, -0.25) is 0 Å². The Labute approximate surface area is 120 Å². The van der Waals surface area contributed by atoms with Crippen LogP contribution in [0.4, 0.5) is 0 Å². The van der Waals surface area contributed by atoms with E-state index in [9.17, 15) is 0 Å². The molecule has 0 atom stereocenters. The fourth-order valence-electron chi connectivity index (χ4n) is 1.81. The molecule has 0 unspecified atom stereocenters. The summed E-state index contributed by atoms with van der Waals surface area (Å²) in [5.41, 5.74) is 0. The van der Waals surface area contributed by atoms with E-state index in [2.05, 4.69) is 18.8 Å². The van der Waals surface area contributed by atoms with Crippen molar-refractivity contribution in [1.82, 2.24) is 0 Å². The normalized spacial score (nSPS) is 10.2. The van der Waals surface area contributed by atoms with Crippen molar-refractivity contribution in [1.29, 1.82) is 0 Å². The summed E-state index contributed by atoms with van der Waals surface area (Å²) in [6.45, 7) is 3.69. The summed E-state index contributed by atoms with van der Waals surface area (Å²) in [6.07, 6.45) is 7.78. The fraction of sp³-hybridized carbons (Fsp3) is 0.625. The van der Waals surface area contributed by atoms with Gasteiger partial charge in [-0.25, -0.2) is 0 Å². The van der Waals surface area contributed by atoms with Gasteiger partial charge in [-0.15, -0.1) is 11.3 Å². The van der Waals surface area contributed by atoms with Crippen LogP contribution < -0.4 is 0 Å². The predicted octanol–water partition coefficient (Wildman–Crippen LogP) is 3.97. The Bertz CT molecular complexity index is 387. The molecule has 19 heavy (non-hydrogen) atoms. The second-order valence-corrected chi connectivity index (χ2v) is 5.71. The lowest BCUT2D eigenvalue weighted by atomic mass is 10.1. The lowest BCUT2D eigenvalue weighted by Crippen LogP contribution is -1.93. The maximum Gasteiger partial charge on any atom is 0.104 e. The summed E-state index contributed by atoms with van der Waals surface area (Å²) in [6, 6.07) is 4.03. The molecule has 0 spiro atoms. The first-order valence-corrected chi connectivity index (χ1v) is 7.94. The number of thiophene rings is 1. The maximum atomic E-state index is 8.62. The van der Waals surface area contributed by atoms with Gasteiger partial charge in [0.15, 0.2) is 0 Å². The van der Waals surface area contributed by atoms with Crippen LogP contribution in [-0.4, -0.2) is 18.3 Å². The molecule has 0 aromatic carbocycles. The van der Waals surface area contributed by atoms with Crippen molar-refractivity contribution in [3.8, 4) is 11.8 Å². The highest BCUT2D eigenvalue weighted by Crippen LogP contribution is 2.16. The summed E-state index contributed by atoms with van der Waals surface area (Å²) >= 11 is 1.64. The molecule has 1 aromatic heterocycles. The minimum Gasteiger partial charge on any atom is -0.384 e. The lowest BCUT2D eigenvalue weighted by molar-refractivity contribution is 0.119. The van der Waals surface area contributed by atoms with E-state index in [-0.39, 0.29) is 6.61 Å². The van der Waals surface area contributed by atoms with Gasteiger partial charge in [0.05, 0.1) is 11.5 Å². The first-order valence-electron chi connectivity index (χ1n) is 7.13. The molecule has 1 heterocycles. The average Bonchev–Trinajstić information content (AvgIpc) is 2.87. The third kappa shape index (κ3) is 8.05. The van der Waals surface area contributed by atoms with E-state index in [0.717, 1.165) is 17.9 Å². The monoisotopic (exact) mass is 280 g/mol. The molecule has 0 saturated carbocycles. The zero-order valence-electron chi connectivity index (χ0n) is 11.8. The molecule has 1 N–H and O–H groups in total. The topological polar surface area (TPSA) is 29.5 Å². The van der Waals surface area contributed by atoms with Crippen LogP contribution in [0.1, 0.15) is 55.2 Å². The quantitative estimate of drug-likeness (QED) is 0.548. The Morgan fingerprint density at radius 2 is 1.95 bits per heavy atom. The molecule has 1 rings (SSSR count). The van der Waals surface area contributed by atoms with Crippen LogP contribution in [0.15, 0.2) is 12.1 Å². The highest BCUT2D eigenvalue weighted by atomic mass is 32.1. The zero-order valence-corrected chi connectivity index (χ0v) is 12.6. The van der Waals surface area contributed by atoms with Crippen molar-refractivity contribution in [2.24, 2.45) is 0 Å². The molecule has 0 aliphatic carbocycles. The van der Waals surface area contributed by atoms with Crippen molar-refractivity contribution in [2.45, 2.75) is 52.1 Å². The van der Waals surface area contributed by atoms with E-state index >= 15 is 0 Å². The second-order valence-electron chi connectivity index (χ2n) is 4.55. The zero-order chi connectivity index (χ0) is 13.8. The van der Waals surface area contributed by atoms with E-state index in [1.165, 1.54) is 37.0 Å². The standard InChI is InChI=1S/C16H24O2S/c1-2-3-4-5-6-7-13-18-14-16-11-10-15(19-16)9-8-12-17/h10-11,17H,2-7,12-14H2,1H3. The molecular formula is C16H24O2S.